The fourth-order valence-corrected chi connectivity index (χ4v) is 3.17. The molecule has 132 valence electrons. The molecule has 0 bridgehead atoms. The maximum absolute atomic E-state index is 12.9. The van der Waals surface area contributed by atoms with Crippen LogP contribution in [0.15, 0.2) is 0 Å². The van der Waals surface area contributed by atoms with Crippen molar-refractivity contribution in [1.82, 2.24) is 19.6 Å². The zero-order chi connectivity index (χ0) is 17.6. The van der Waals surface area contributed by atoms with Crippen molar-refractivity contribution >= 4 is 12.0 Å². The Hall–Kier alpha value is -1.93. The fraction of sp³-hybridized carbons (Fsp3) is 0.688. The summed E-state index contributed by atoms with van der Waals surface area (Å²) >= 11 is 0. The van der Waals surface area contributed by atoms with Crippen molar-refractivity contribution in [3.8, 4) is 0 Å². The van der Waals surface area contributed by atoms with Crippen LogP contribution < -0.4 is 0 Å². The molecule has 0 saturated heterocycles. The zero-order valence-corrected chi connectivity index (χ0v) is 14.6. The number of aromatic nitrogens is 2. The van der Waals surface area contributed by atoms with Crippen LogP contribution in [0.2, 0.25) is 0 Å². The molecule has 1 N–H and O–H groups in total. The van der Waals surface area contributed by atoms with Crippen molar-refractivity contribution in [3.63, 3.8) is 0 Å². The maximum Gasteiger partial charge on any atom is 0.417 e. The lowest BCUT2D eigenvalue weighted by molar-refractivity contribution is 0.0232. The predicted octanol–water partition coefficient (Wildman–Crippen LogP) is 0.623. The van der Waals surface area contributed by atoms with Gasteiger partial charge in [0.1, 0.15) is 5.60 Å². The summed E-state index contributed by atoms with van der Waals surface area (Å²) in [5.74, 6) is -0.364. The minimum absolute atomic E-state index is 0.260. The maximum atomic E-state index is 12.9. The topological polar surface area (TPSA) is 87.9 Å². The molecule has 0 radical (unpaired) electrons. The van der Waals surface area contributed by atoms with Crippen molar-refractivity contribution in [3.05, 3.63) is 17.0 Å². The second-order valence-corrected chi connectivity index (χ2v) is 7.49. The van der Waals surface area contributed by atoms with Crippen molar-refractivity contribution in [2.75, 3.05) is 20.1 Å². The Balaban J connectivity index is 1.92. The van der Waals surface area contributed by atoms with Crippen LogP contribution in [0.25, 0.3) is 0 Å². The molecule has 24 heavy (non-hydrogen) atoms. The second-order valence-electron chi connectivity index (χ2n) is 7.49. The van der Waals surface area contributed by atoms with E-state index in [0.29, 0.717) is 37.3 Å². The minimum Gasteiger partial charge on any atom is -0.443 e. The molecule has 2 aliphatic heterocycles. The summed E-state index contributed by atoms with van der Waals surface area (Å²) in [5, 5.41) is 14.5. The van der Waals surface area contributed by atoms with Gasteiger partial charge >= 0.3 is 6.09 Å². The Labute approximate surface area is 141 Å². The molecule has 1 unspecified atom stereocenters. The van der Waals surface area contributed by atoms with E-state index in [0.717, 1.165) is 10.6 Å². The van der Waals surface area contributed by atoms with E-state index in [1.807, 2.05) is 11.9 Å². The Kier molecular flexibility index (Phi) is 4.13. The SMILES string of the molecule is CN1Cc2c3c(nn2CC(O)C1)CCN(C(=O)OC(C)(C)C)C3=O. The van der Waals surface area contributed by atoms with Crippen molar-refractivity contribution < 1.29 is 19.4 Å². The standard InChI is InChI=1S/C16H24N4O4/c1-16(2,3)24-15(23)19-6-5-11-13(14(19)22)12-9-18(4)7-10(21)8-20(12)17-11/h10,21H,5-9H2,1-4H3. The molecule has 3 rings (SSSR count). The highest BCUT2D eigenvalue weighted by atomic mass is 16.6. The third-order valence-corrected chi connectivity index (χ3v) is 4.10. The van der Waals surface area contributed by atoms with Gasteiger partial charge in [-0.3, -0.25) is 14.4 Å². The minimum atomic E-state index is -0.655. The van der Waals surface area contributed by atoms with Gasteiger partial charge in [0.25, 0.3) is 5.91 Å². The fourth-order valence-electron chi connectivity index (χ4n) is 3.17. The van der Waals surface area contributed by atoms with Crippen molar-refractivity contribution in [2.45, 2.75) is 52.0 Å². The summed E-state index contributed by atoms with van der Waals surface area (Å²) in [7, 11) is 1.89. The first-order chi connectivity index (χ1) is 11.2. The van der Waals surface area contributed by atoms with Gasteiger partial charge in [0.2, 0.25) is 0 Å². The van der Waals surface area contributed by atoms with Gasteiger partial charge in [0, 0.05) is 26.1 Å². The molecule has 1 atom stereocenters. The molecule has 0 aliphatic carbocycles. The number of β-amino-alcohol motifs (C(OH)–C–C–N with tert-alkyl or cyclic N) is 1. The largest absolute Gasteiger partial charge is 0.443 e. The Bertz CT molecular complexity index is 676. The van der Waals surface area contributed by atoms with Gasteiger partial charge in [0.15, 0.2) is 0 Å². The highest BCUT2D eigenvalue weighted by Gasteiger charge is 2.38. The van der Waals surface area contributed by atoms with Gasteiger partial charge in [-0.05, 0) is 27.8 Å². The number of ether oxygens (including phenoxy) is 1. The number of imide groups is 1. The van der Waals surface area contributed by atoms with Gasteiger partial charge in [-0.15, -0.1) is 0 Å². The highest BCUT2D eigenvalue weighted by Crippen LogP contribution is 2.26. The lowest BCUT2D eigenvalue weighted by atomic mass is 10.0. The lowest BCUT2D eigenvalue weighted by Gasteiger charge is -2.28. The molecule has 8 heteroatoms. The molecule has 1 aromatic heterocycles. The summed E-state index contributed by atoms with van der Waals surface area (Å²) < 4.78 is 7.04. The van der Waals surface area contributed by atoms with E-state index in [-0.39, 0.29) is 12.5 Å². The van der Waals surface area contributed by atoms with E-state index in [1.54, 1.807) is 25.5 Å². The van der Waals surface area contributed by atoms with E-state index in [9.17, 15) is 14.7 Å². The predicted molar refractivity (Wildman–Crippen MR) is 85.5 cm³/mol. The van der Waals surface area contributed by atoms with Crippen LogP contribution in [0.5, 0.6) is 0 Å². The van der Waals surface area contributed by atoms with Crippen LogP contribution in [-0.2, 0) is 24.2 Å². The molecule has 0 aromatic carbocycles. The number of carbonyl (C=O) groups excluding carboxylic acids is 2. The molecule has 8 nitrogen and oxygen atoms in total. The highest BCUT2D eigenvalue weighted by molar-refractivity contribution is 6.05. The van der Waals surface area contributed by atoms with E-state index in [1.165, 1.54) is 0 Å². The molecular formula is C16H24N4O4. The van der Waals surface area contributed by atoms with Crippen molar-refractivity contribution in [2.24, 2.45) is 0 Å². The summed E-state index contributed by atoms with van der Waals surface area (Å²) in [6, 6.07) is 0. The molecule has 0 fully saturated rings. The van der Waals surface area contributed by atoms with Gasteiger partial charge in [-0.25, -0.2) is 9.69 Å². The molecule has 0 spiro atoms. The number of aliphatic hydroxyl groups is 1. The normalized spacial score (nSPS) is 22.0. The van der Waals surface area contributed by atoms with Crippen LogP contribution in [0, 0.1) is 0 Å². The molecule has 3 heterocycles. The van der Waals surface area contributed by atoms with E-state index in [4.69, 9.17) is 4.74 Å². The number of nitrogens with zero attached hydrogens (tertiary/aromatic N) is 4. The summed E-state index contributed by atoms with van der Waals surface area (Å²) in [6.45, 7) is 6.95. The van der Waals surface area contributed by atoms with Crippen LogP contribution >= 0.6 is 0 Å². The summed E-state index contributed by atoms with van der Waals surface area (Å²) in [5.41, 5.74) is 1.27. The average Bonchev–Trinajstić information content (AvgIpc) is 2.67. The monoisotopic (exact) mass is 336 g/mol. The van der Waals surface area contributed by atoms with Gasteiger partial charge < -0.3 is 9.84 Å². The van der Waals surface area contributed by atoms with Gasteiger partial charge in [-0.1, -0.05) is 0 Å². The summed E-state index contributed by atoms with van der Waals surface area (Å²) in [6.07, 6.45) is -0.657. The third-order valence-electron chi connectivity index (χ3n) is 4.10. The molecule has 2 amide bonds. The first kappa shape index (κ1) is 16.9. The number of rotatable bonds is 0. The molecule has 1 aromatic rings. The second kappa shape index (κ2) is 5.86. The Morgan fingerprint density at radius 2 is 2.04 bits per heavy atom. The van der Waals surface area contributed by atoms with E-state index < -0.39 is 17.8 Å². The first-order valence-corrected chi connectivity index (χ1v) is 8.15. The smallest absolute Gasteiger partial charge is 0.417 e. The molecule has 0 saturated carbocycles. The summed E-state index contributed by atoms with van der Waals surface area (Å²) in [4.78, 5) is 28.3. The molecule has 2 aliphatic rings. The number of fused-ring (bicyclic) bond motifs is 3. The molecular weight excluding hydrogens is 312 g/mol. The number of hydrogen-bond acceptors (Lipinski definition) is 6. The average molecular weight is 336 g/mol. The van der Waals surface area contributed by atoms with Gasteiger partial charge in [0.05, 0.1) is 29.6 Å². The van der Waals surface area contributed by atoms with Crippen LogP contribution in [0.4, 0.5) is 4.79 Å². The number of aliphatic hydroxyl groups excluding tert-OH is 1. The Morgan fingerprint density at radius 3 is 2.71 bits per heavy atom. The van der Waals surface area contributed by atoms with Crippen LogP contribution in [0.1, 0.15) is 42.5 Å². The third kappa shape index (κ3) is 3.16. The van der Waals surface area contributed by atoms with E-state index >= 15 is 0 Å². The van der Waals surface area contributed by atoms with E-state index in [2.05, 4.69) is 5.10 Å². The van der Waals surface area contributed by atoms with Crippen LogP contribution in [-0.4, -0.2) is 68.5 Å². The Morgan fingerprint density at radius 1 is 1.33 bits per heavy atom. The quantitative estimate of drug-likeness (QED) is 0.747. The first-order valence-electron chi connectivity index (χ1n) is 8.15. The van der Waals surface area contributed by atoms with Crippen molar-refractivity contribution in [1.29, 1.82) is 0 Å². The number of likely N-dealkylation sites (N-methyl/N-ethyl adjacent to an activating group) is 1. The zero-order valence-electron chi connectivity index (χ0n) is 14.6. The number of hydrogen-bond donors (Lipinski definition) is 1. The lowest BCUT2D eigenvalue weighted by Crippen LogP contribution is -2.45. The number of carbonyl (C=O) groups is 2. The van der Waals surface area contributed by atoms with Crippen LogP contribution in [0.3, 0.4) is 0 Å². The van der Waals surface area contributed by atoms with Gasteiger partial charge in [-0.2, -0.15) is 5.10 Å². The number of amides is 2.